The monoisotopic (exact) mass is 355 g/mol. The van der Waals surface area contributed by atoms with E-state index >= 15 is 0 Å². The van der Waals surface area contributed by atoms with Gasteiger partial charge in [0.05, 0.1) is 24.2 Å². The lowest BCUT2D eigenvalue weighted by atomic mass is 10.1. The fourth-order valence-corrected chi connectivity index (χ4v) is 2.96. The van der Waals surface area contributed by atoms with Gasteiger partial charge in [0.1, 0.15) is 0 Å². The van der Waals surface area contributed by atoms with Crippen LogP contribution in [0, 0.1) is 10.1 Å². The van der Waals surface area contributed by atoms with Gasteiger partial charge in [-0.25, -0.2) is 0 Å². The predicted octanol–water partition coefficient (Wildman–Crippen LogP) is 2.40. The largest absolute Gasteiger partial charge is 0.379 e. The lowest BCUT2D eigenvalue weighted by molar-refractivity contribution is -0.384. The molecule has 1 amide bonds. The third kappa shape index (κ3) is 4.65. The summed E-state index contributed by atoms with van der Waals surface area (Å²) < 4.78 is 5.38. The molecule has 2 aromatic rings. The molecule has 1 atom stereocenters. The molecule has 2 aromatic carbocycles. The van der Waals surface area contributed by atoms with Crippen molar-refractivity contribution in [3.63, 3.8) is 0 Å². The number of nitrogens with one attached hydrogen (secondary N) is 1. The van der Waals surface area contributed by atoms with E-state index in [-0.39, 0.29) is 23.2 Å². The predicted molar refractivity (Wildman–Crippen MR) is 97.0 cm³/mol. The minimum absolute atomic E-state index is 0.0953. The van der Waals surface area contributed by atoms with Gasteiger partial charge < -0.3 is 10.1 Å². The van der Waals surface area contributed by atoms with Crippen LogP contribution in [0.25, 0.3) is 0 Å². The Morgan fingerprint density at radius 3 is 2.58 bits per heavy atom. The zero-order valence-corrected chi connectivity index (χ0v) is 14.3. The number of carbonyl (C=O) groups is 1. The van der Waals surface area contributed by atoms with Gasteiger partial charge in [-0.05, 0) is 11.6 Å². The summed E-state index contributed by atoms with van der Waals surface area (Å²) in [6.45, 7) is 3.65. The SMILES string of the molecule is O=C(NC(CN1CCOCC1)c1ccccc1)c1cccc([N+](=O)[O-])c1. The second-order valence-electron chi connectivity index (χ2n) is 6.16. The van der Waals surface area contributed by atoms with Crippen LogP contribution in [0.3, 0.4) is 0 Å². The number of carbonyl (C=O) groups excluding carboxylic acids is 1. The van der Waals surface area contributed by atoms with Gasteiger partial charge in [-0.15, -0.1) is 0 Å². The summed E-state index contributed by atoms with van der Waals surface area (Å²) in [6, 6.07) is 15.3. The van der Waals surface area contributed by atoms with Crippen LogP contribution in [-0.2, 0) is 4.74 Å². The number of non-ortho nitro benzene ring substituents is 1. The normalized spacial score (nSPS) is 16.0. The number of hydrogen-bond donors (Lipinski definition) is 1. The molecule has 0 radical (unpaired) electrons. The number of amides is 1. The Morgan fingerprint density at radius 1 is 1.15 bits per heavy atom. The number of ether oxygens (including phenoxy) is 1. The summed E-state index contributed by atoms with van der Waals surface area (Å²) in [5, 5.41) is 14.0. The molecule has 1 unspecified atom stereocenters. The molecule has 0 spiro atoms. The fraction of sp³-hybridized carbons (Fsp3) is 0.316. The van der Waals surface area contributed by atoms with Gasteiger partial charge >= 0.3 is 0 Å². The van der Waals surface area contributed by atoms with Crippen LogP contribution >= 0.6 is 0 Å². The molecule has 0 aliphatic carbocycles. The Morgan fingerprint density at radius 2 is 1.88 bits per heavy atom. The zero-order valence-electron chi connectivity index (χ0n) is 14.3. The highest BCUT2D eigenvalue weighted by Gasteiger charge is 2.21. The molecule has 136 valence electrons. The topological polar surface area (TPSA) is 84.7 Å². The van der Waals surface area contributed by atoms with Crippen LogP contribution in [0.1, 0.15) is 22.0 Å². The van der Waals surface area contributed by atoms with Crippen LogP contribution in [0.2, 0.25) is 0 Å². The molecule has 1 fully saturated rings. The molecule has 1 aliphatic heterocycles. The van der Waals surface area contributed by atoms with Gasteiger partial charge in [0.15, 0.2) is 0 Å². The number of benzene rings is 2. The summed E-state index contributed by atoms with van der Waals surface area (Å²) >= 11 is 0. The van der Waals surface area contributed by atoms with E-state index in [1.807, 2.05) is 30.3 Å². The van der Waals surface area contributed by atoms with Gasteiger partial charge in [-0.1, -0.05) is 36.4 Å². The molecular formula is C19H21N3O4. The molecule has 7 heteroatoms. The van der Waals surface area contributed by atoms with Crippen molar-refractivity contribution < 1.29 is 14.5 Å². The van der Waals surface area contributed by atoms with Crippen LogP contribution < -0.4 is 5.32 Å². The summed E-state index contributed by atoms with van der Waals surface area (Å²) in [4.78, 5) is 25.3. The average molecular weight is 355 g/mol. The standard InChI is InChI=1S/C19H21N3O4/c23-19(16-7-4-8-17(13-16)22(24)25)20-18(15-5-2-1-3-6-15)14-21-9-11-26-12-10-21/h1-8,13,18H,9-12,14H2,(H,20,23). The Hall–Kier alpha value is -2.77. The molecule has 1 aliphatic rings. The molecular weight excluding hydrogens is 334 g/mol. The Balaban J connectivity index is 1.77. The van der Waals surface area contributed by atoms with Crippen LogP contribution in [0.15, 0.2) is 54.6 Å². The van der Waals surface area contributed by atoms with E-state index in [1.165, 1.54) is 18.2 Å². The molecule has 0 aromatic heterocycles. The Labute approximate surface area is 151 Å². The van der Waals surface area contributed by atoms with Gasteiger partial charge in [-0.3, -0.25) is 19.8 Å². The minimum atomic E-state index is -0.501. The molecule has 0 bridgehead atoms. The number of rotatable bonds is 6. The lowest BCUT2D eigenvalue weighted by Crippen LogP contribution is -2.43. The number of nitro benzene ring substituents is 1. The van der Waals surface area contributed by atoms with E-state index in [4.69, 9.17) is 4.74 Å². The Bertz CT molecular complexity index is 760. The smallest absolute Gasteiger partial charge is 0.270 e. The van der Waals surface area contributed by atoms with E-state index in [0.29, 0.717) is 19.8 Å². The van der Waals surface area contributed by atoms with Gasteiger partial charge in [-0.2, -0.15) is 0 Å². The first-order valence-electron chi connectivity index (χ1n) is 8.54. The Kier molecular flexibility index (Phi) is 5.93. The summed E-state index contributed by atoms with van der Waals surface area (Å²) in [6.07, 6.45) is 0. The van der Waals surface area contributed by atoms with Crippen LogP contribution in [0.4, 0.5) is 5.69 Å². The molecule has 1 heterocycles. The lowest BCUT2D eigenvalue weighted by Gasteiger charge is -2.31. The van der Waals surface area contributed by atoms with Crippen molar-refractivity contribution >= 4 is 11.6 Å². The van der Waals surface area contributed by atoms with Gasteiger partial charge in [0.25, 0.3) is 11.6 Å². The third-order valence-corrected chi connectivity index (χ3v) is 4.37. The first-order chi connectivity index (χ1) is 12.6. The number of hydrogen-bond acceptors (Lipinski definition) is 5. The second kappa shape index (κ2) is 8.55. The van der Waals surface area contributed by atoms with Crippen molar-refractivity contribution in [1.82, 2.24) is 10.2 Å². The highest BCUT2D eigenvalue weighted by Crippen LogP contribution is 2.18. The molecule has 1 saturated heterocycles. The highest BCUT2D eigenvalue weighted by atomic mass is 16.6. The second-order valence-corrected chi connectivity index (χ2v) is 6.16. The van der Waals surface area contributed by atoms with Crippen molar-refractivity contribution in [2.75, 3.05) is 32.8 Å². The van der Waals surface area contributed by atoms with Crippen molar-refractivity contribution in [1.29, 1.82) is 0 Å². The fourth-order valence-electron chi connectivity index (χ4n) is 2.96. The van der Waals surface area contributed by atoms with E-state index in [2.05, 4.69) is 10.2 Å². The number of morpholine rings is 1. The summed E-state index contributed by atoms with van der Waals surface area (Å²) in [5.74, 6) is -0.323. The molecule has 26 heavy (non-hydrogen) atoms. The van der Waals surface area contributed by atoms with Crippen molar-refractivity contribution in [3.8, 4) is 0 Å². The molecule has 3 rings (SSSR count). The molecule has 7 nitrogen and oxygen atoms in total. The van der Waals surface area contributed by atoms with Crippen LogP contribution in [-0.4, -0.2) is 48.6 Å². The summed E-state index contributed by atoms with van der Waals surface area (Å²) in [5.41, 5.74) is 1.18. The maximum atomic E-state index is 12.7. The van der Waals surface area contributed by atoms with Crippen LogP contribution in [0.5, 0.6) is 0 Å². The number of nitrogens with zero attached hydrogens (tertiary/aromatic N) is 2. The minimum Gasteiger partial charge on any atom is -0.379 e. The first-order valence-corrected chi connectivity index (χ1v) is 8.54. The molecule has 1 N–H and O–H groups in total. The maximum absolute atomic E-state index is 12.7. The van der Waals surface area contributed by atoms with Crippen molar-refractivity contribution in [3.05, 3.63) is 75.8 Å². The quantitative estimate of drug-likeness (QED) is 0.635. The van der Waals surface area contributed by atoms with Gasteiger partial charge in [0.2, 0.25) is 0 Å². The van der Waals surface area contributed by atoms with Crippen molar-refractivity contribution in [2.45, 2.75) is 6.04 Å². The van der Waals surface area contributed by atoms with E-state index in [9.17, 15) is 14.9 Å². The van der Waals surface area contributed by atoms with E-state index in [0.717, 1.165) is 18.7 Å². The van der Waals surface area contributed by atoms with E-state index < -0.39 is 4.92 Å². The van der Waals surface area contributed by atoms with E-state index in [1.54, 1.807) is 6.07 Å². The third-order valence-electron chi connectivity index (χ3n) is 4.37. The zero-order chi connectivity index (χ0) is 18.4. The average Bonchev–Trinajstić information content (AvgIpc) is 2.69. The molecule has 0 saturated carbocycles. The van der Waals surface area contributed by atoms with Gasteiger partial charge in [0, 0.05) is 37.3 Å². The first kappa shape index (κ1) is 18.0. The highest BCUT2D eigenvalue weighted by molar-refractivity contribution is 5.95. The summed E-state index contributed by atoms with van der Waals surface area (Å²) in [7, 11) is 0. The maximum Gasteiger partial charge on any atom is 0.270 e. The van der Waals surface area contributed by atoms with Crippen molar-refractivity contribution in [2.24, 2.45) is 0 Å². The number of nitro groups is 1.